The summed E-state index contributed by atoms with van der Waals surface area (Å²) in [6, 6.07) is 21.2. The van der Waals surface area contributed by atoms with E-state index in [9.17, 15) is 24.3 Å². The van der Waals surface area contributed by atoms with Gasteiger partial charge in [-0.3, -0.25) is 14.4 Å². The van der Waals surface area contributed by atoms with Crippen molar-refractivity contribution in [2.45, 2.75) is 70.3 Å². The summed E-state index contributed by atoms with van der Waals surface area (Å²) in [6.45, 7) is 5.86. The summed E-state index contributed by atoms with van der Waals surface area (Å²) in [5, 5.41) is 20.6. The Kier molecular flexibility index (Phi) is 10.1. The second kappa shape index (κ2) is 13.7. The molecule has 7 nitrogen and oxygen atoms in total. The third kappa shape index (κ3) is 8.14. The summed E-state index contributed by atoms with van der Waals surface area (Å²) in [7, 11) is 0. The van der Waals surface area contributed by atoms with Crippen molar-refractivity contribution >= 4 is 29.0 Å². The number of aliphatic carboxylic acids is 1. The van der Waals surface area contributed by atoms with Crippen LogP contribution in [0.25, 0.3) is 5.57 Å². The van der Waals surface area contributed by atoms with Crippen LogP contribution in [0.4, 0.5) is 0 Å². The van der Waals surface area contributed by atoms with E-state index >= 15 is 0 Å². The van der Waals surface area contributed by atoms with Gasteiger partial charge in [0.15, 0.2) is 17.7 Å². The molecule has 7 heteroatoms. The minimum absolute atomic E-state index is 0.0578. The van der Waals surface area contributed by atoms with E-state index in [1.165, 1.54) is 55.2 Å². The van der Waals surface area contributed by atoms with Crippen molar-refractivity contribution in [3.8, 4) is 0 Å². The topological polar surface area (TPSA) is 121 Å². The summed E-state index contributed by atoms with van der Waals surface area (Å²) in [6.07, 6.45) is 5.67. The molecule has 0 bridgehead atoms. The van der Waals surface area contributed by atoms with Gasteiger partial charge in [-0.1, -0.05) is 101 Å². The molecule has 0 spiro atoms. The quantitative estimate of drug-likeness (QED) is 0.189. The molecule has 3 aromatic rings. The van der Waals surface area contributed by atoms with E-state index < -0.39 is 24.5 Å². The molecule has 0 radical (unpaired) electrons. The number of allylic oxidation sites excluding steroid dienone is 2. The molecule has 224 valence electrons. The van der Waals surface area contributed by atoms with Crippen molar-refractivity contribution in [3.05, 3.63) is 112 Å². The van der Waals surface area contributed by atoms with E-state index in [0.29, 0.717) is 22.6 Å². The number of nitrogens with one attached hydrogen (secondary N) is 1. The number of hydrogen-bond donors (Lipinski definition) is 3. The lowest BCUT2D eigenvalue weighted by Gasteiger charge is -2.22. The van der Waals surface area contributed by atoms with Crippen LogP contribution in [0, 0.1) is 0 Å². The molecular formula is C36H39NO6. The number of rotatable bonds is 10. The van der Waals surface area contributed by atoms with Crippen molar-refractivity contribution in [2.24, 2.45) is 0 Å². The van der Waals surface area contributed by atoms with Gasteiger partial charge in [0.25, 0.3) is 5.91 Å². The van der Waals surface area contributed by atoms with Crippen LogP contribution in [0.3, 0.4) is 0 Å². The lowest BCUT2D eigenvalue weighted by Crippen LogP contribution is -2.36. The predicted molar refractivity (Wildman–Crippen MR) is 166 cm³/mol. The predicted octanol–water partition coefficient (Wildman–Crippen LogP) is 6.36. The number of benzene rings is 3. The maximum Gasteiger partial charge on any atom is 0.334 e. The molecule has 4 rings (SSSR count). The minimum atomic E-state index is -1.72. The highest BCUT2D eigenvalue weighted by Gasteiger charge is 2.21. The van der Waals surface area contributed by atoms with Gasteiger partial charge < -0.3 is 15.5 Å². The number of aliphatic hydroxyl groups excluding tert-OH is 1. The van der Waals surface area contributed by atoms with Crippen LogP contribution in [0.1, 0.15) is 107 Å². The zero-order chi connectivity index (χ0) is 31.1. The number of carboxylic acids is 1. The first-order valence-corrected chi connectivity index (χ1v) is 14.7. The largest absolute Gasteiger partial charge is 0.479 e. The fraction of sp³-hybridized carbons (Fsp3) is 0.333. The molecule has 1 amide bonds. The Bertz CT molecular complexity index is 1490. The van der Waals surface area contributed by atoms with Gasteiger partial charge >= 0.3 is 5.97 Å². The third-order valence-corrected chi connectivity index (χ3v) is 8.00. The molecule has 1 aliphatic carbocycles. The summed E-state index contributed by atoms with van der Waals surface area (Å²) < 4.78 is 0. The summed E-state index contributed by atoms with van der Waals surface area (Å²) in [4.78, 5) is 50.5. The Morgan fingerprint density at radius 1 is 0.791 bits per heavy atom. The van der Waals surface area contributed by atoms with Crippen LogP contribution >= 0.6 is 0 Å². The van der Waals surface area contributed by atoms with Crippen LogP contribution < -0.4 is 5.32 Å². The maximum absolute atomic E-state index is 13.8. The van der Waals surface area contributed by atoms with Crippen molar-refractivity contribution in [1.29, 1.82) is 0 Å². The van der Waals surface area contributed by atoms with E-state index in [0.717, 1.165) is 18.4 Å². The van der Waals surface area contributed by atoms with Crippen LogP contribution in [-0.4, -0.2) is 46.3 Å². The molecule has 3 N–H and O–H groups in total. The van der Waals surface area contributed by atoms with E-state index in [-0.39, 0.29) is 28.1 Å². The highest BCUT2D eigenvalue weighted by Crippen LogP contribution is 2.33. The van der Waals surface area contributed by atoms with Crippen LogP contribution in [0.2, 0.25) is 0 Å². The van der Waals surface area contributed by atoms with Crippen molar-refractivity contribution in [3.63, 3.8) is 0 Å². The second-order valence-electron chi connectivity index (χ2n) is 12.2. The molecule has 0 saturated heterocycles. The van der Waals surface area contributed by atoms with Gasteiger partial charge in [-0.2, -0.15) is 0 Å². The van der Waals surface area contributed by atoms with Crippen LogP contribution in [-0.2, 0) is 10.2 Å². The molecule has 1 saturated carbocycles. The molecule has 43 heavy (non-hydrogen) atoms. The zero-order valence-corrected chi connectivity index (χ0v) is 24.9. The van der Waals surface area contributed by atoms with Gasteiger partial charge in [0.1, 0.15) is 0 Å². The summed E-state index contributed by atoms with van der Waals surface area (Å²) >= 11 is 0. The number of Topliss-reactive ketones (excluding diaryl/α,β-unsaturated/α-hetero) is 1. The van der Waals surface area contributed by atoms with E-state index in [1.54, 1.807) is 12.1 Å². The summed E-state index contributed by atoms with van der Waals surface area (Å²) in [5.41, 5.74) is 4.14. The molecular weight excluding hydrogens is 542 g/mol. The normalized spacial score (nSPS) is 15.0. The number of carboxylic acid groups (broad SMARTS) is 1. The lowest BCUT2D eigenvalue weighted by atomic mass is 9.83. The van der Waals surface area contributed by atoms with Gasteiger partial charge in [-0.25, -0.2) is 4.79 Å². The number of ketones is 2. The van der Waals surface area contributed by atoms with Gasteiger partial charge in [0.05, 0.1) is 6.54 Å². The monoisotopic (exact) mass is 581 g/mol. The van der Waals surface area contributed by atoms with Crippen LogP contribution in [0.15, 0.2) is 78.9 Å². The van der Waals surface area contributed by atoms with Crippen molar-refractivity contribution < 1.29 is 29.4 Å². The highest BCUT2D eigenvalue weighted by atomic mass is 16.4. The van der Waals surface area contributed by atoms with E-state index in [2.05, 4.69) is 26.1 Å². The molecule has 3 aromatic carbocycles. The average Bonchev–Trinajstić information content (AvgIpc) is 3.02. The molecule has 0 aromatic heterocycles. The third-order valence-electron chi connectivity index (χ3n) is 8.00. The van der Waals surface area contributed by atoms with Gasteiger partial charge in [0, 0.05) is 22.3 Å². The van der Waals surface area contributed by atoms with Crippen molar-refractivity contribution in [1.82, 2.24) is 5.32 Å². The molecule has 1 fully saturated rings. The van der Waals surface area contributed by atoms with Gasteiger partial charge in [-0.05, 0) is 59.1 Å². The number of carbonyl (C=O) groups is 4. The van der Waals surface area contributed by atoms with E-state index in [4.69, 9.17) is 5.11 Å². The molecule has 1 aliphatic rings. The molecule has 1 unspecified atom stereocenters. The highest BCUT2D eigenvalue weighted by molar-refractivity contribution is 6.32. The Hall–Kier alpha value is -4.36. The fourth-order valence-corrected chi connectivity index (χ4v) is 5.31. The number of carbonyl (C=O) groups excluding carboxylic acids is 3. The first kappa shape index (κ1) is 31.6. The zero-order valence-electron chi connectivity index (χ0n) is 24.9. The number of hydrogen-bond acceptors (Lipinski definition) is 5. The Morgan fingerprint density at radius 2 is 1.33 bits per heavy atom. The number of aliphatic hydroxyl groups is 1. The maximum atomic E-state index is 13.8. The first-order chi connectivity index (χ1) is 20.4. The molecule has 0 aliphatic heterocycles. The smallest absolute Gasteiger partial charge is 0.334 e. The minimum Gasteiger partial charge on any atom is -0.479 e. The molecule has 1 atom stereocenters. The SMILES string of the molecule is CC(C)(C)c1ccc(C(=O)/C=C(\C(=O)c2ccc(C(=O)NCC(O)C(=O)O)cc2)c2ccc(C3CCCCC3)cc2)cc1. The van der Waals surface area contributed by atoms with E-state index in [1.807, 2.05) is 36.4 Å². The summed E-state index contributed by atoms with van der Waals surface area (Å²) in [5.74, 6) is -2.16. The molecule has 0 heterocycles. The van der Waals surface area contributed by atoms with Gasteiger partial charge in [-0.15, -0.1) is 0 Å². The van der Waals surface area contributed by atoms with Gasteiger partial charge in [0.2, 0.25) is 0 Å². The lowest BCUT2D eigenvalue weighted by molar-refractivity contribution is -0.146. The fourth-order valence-electron chi connectivity index (χ4n) is 5.31. The Morgan fingerprint density at radius 3 is 1.88 bits per heavy atom. The van der Waals surface area contributed by atoms with Crippen LogP contribution in [0.5, 0.6) is 0 Å². The Balaban J connectivity index is 1.62. The number of amides is 1. The standard InChI is InChI=1S/C36H39NO6/c1-36(2,3)29-19-17-26(18-20-29)31(38)21-30(25-11-9-24(10-12-25)23-7-5-4-6-8-23)33(40)27-13-15-28(16-14-27)34(41)37-22-32(39)35(42)43/h9-21,23,32,39H,4-8,22H2,1-3H3,(H,37,41)(H,42,43)/b30-21-. The second-order valence-corrected chi connectivity index (χ2v) is 12.2. The average molecular weight is 582 g/mol. The van der Waals surface area contributed by atoms with Crippen molar-refractivity contribution in [2.75, 3.05) is 6.54 Å². The first-order valence-electron chi connectivity index (χ1n) is 14.7. The Labute approximate surface area is 252 Å².